The minimum atomic E-state index is -0.494. The average molecular weight is 612 g/mol. The first-order valence-electron chi connectivity index (χ1n) is 14.3. The van der Waals surface area contributed by atoms with Gasteiger partial charge in [-0.15, -0.1) is 0 Å². The molecule has 0 spiro atoms. The van der Waals surface area contributed by atoms with E-state index in [-0.39, 0.29) is 36.6 Å². The van der Waals surface area contributed by atoms with Gasteiger partial charge in [0.2, 0.25) is 0 Å². The number of para-hydroxylation sites is 2. The molecule has 0 aliphatic heterocycles. The van der Waals surface area contributed by atoms with E-state index in [0.717, 1.165) is 34.4 Å². The van der Waals surface area contributed by atoms with Crippen LogP contribution >= 0.6 is 11.6 Å². The van der Waals surface area contributed by atoms with Gasteiger partial charge >= 0.3 is 0 Å². The number of ketones is 1. The zero-order valence-electron chi connectivity index (χ0n) is 26.7. The highest BCUT2D eigenvalue weighted by molar-refractivity contribution is 6.32. The molecular formula is C34H50ClN5O3. The lowest BCUT2D eigenvalue weighted by Gasteiger charge is -2.24. The summed E-state index contributed by atoms with van der Waals surface area (Å²) in [5.41, 5.74) is 4.67. The van der Waals surface area contributed by atoms with E-state index >= 15 is 0 Å². The van der Waals surface area contributed by atoms with E-state index in [9.17, 15) is 9.59 Å². The number of rotatable bonds is 16. The lowest BCUT2D eigenvalue weighted by Crippen LogP contribution is -2.42. The third kappa shape index (κ3) is 14.7. The minimum Gasteiger partial charge on any atom is -0.389 e. The van der Waals surface area contributed by atoms with Crippen molar-refractivity contribution in [3.8, 4) is 0 Å². The Labute approximate surface area is 263 Å². The molecule has 236 valence electrons. The average Bonchev–Trinajstić information content (AvgIpc) is 3.41. The molecule has 1 aromatic heterocycles. The quantitative estimate of drug-likeness (QED) is 0.153. The highest BCUT2D eigenvalue weighted by Crippen LogP contribution is 2.18. The van der Waals surface area contributed by atoms with Crippen molar-refractivity contribution in [1.29, 1.82) is 0 Å². The molecule has 0 radical (unpaired) electrons. The number of fused-ring (bicyclic) bond motifs is 1. The van der Waals surface area contributed by atoms with Crippen molar-refractivity contribution >= 4 is 34.3 Å². The number of methoxy groups -OCH3 is 1. The molecule has 2 unspecified atom stereocenters. The summed E-state index contributed by atoms with van der Waals surface area (Å²) in [4.78, 5) is 32.1. The van der Waals surface area contributed by atoms with E-state index in [1.807, 2.05) is 45.0 Å². The van der Waals surface area contributed by atoms with Gasteiger partial charge in [-0.3, -0.25) is 9.59 Å². The molecule has 4 N–H and O–H groups in total. The Morgan fingerprint density at radius 1 is 1.09 bits per heavy atom. The van der Waals surface area contributed by atoms with Crippen LogP contribution in [0.2, 0.25) is 0 Å². The fraction of sp³-hybridized carbons (Fsp3) is 0.382. The molecule has 2 aromatic rings. The zero-order valence-corrected chi connectivity index (χ0v) is 27.5. The number of Topliss-reactive ketones (excluding diaryl/α,β-unsaturated/α-hetero) is 1. The van der Waals surface area contributed by atoms with E-state index in [2.05, 4.69) is 72.7 Å². The first kappa shape index (κ1) is 39.1. The zero-order chi connectivity index (χ0) is 32.9. The number of aromatic nitrogens is 2. The molecule has 8 nitrogen and oxygen atoms in total. The number of hydrogen-bond donors (Lipinski definition) is 4. The number of carbonyl (C=O) groups excluding carboxylic acids is 2. The number of amides is 1. The molecule has 1 aromatic carbocycles. The second-order valence-electron chi connectivity index (χ2n) is 9.83. The monoisotopic (exact) mass is 611 g/mol. The summed E-state index contributed by atoms with van der Waals surface area (Å²) < 4.78 is 5.00. The van der Waals surface area contributed by atoms with E-state index in [0.29, 0.717) is 17.2 Å². The smallest absolute Gasteiger partial charge is 0.287 e. The SMILES string of the molecule is C=C(CNC(=O)c1nc2ccccc2[nH]1)NC(CC(C)C(=C)NCC)C(=O)COC.C=C/C(Cl)=C(/C=C)C(=C)C.CCC. The summed E-state index contributed by atoms with van der Waals surface area (Å²) in [6, 6.07) is 6.92. The number of ether oxygens (including phenoxy) is 1. The van der Waals surface area contributed by atoms with Gasteiger partial charge in [0.15, 0.2) is 11.6 Å². The molecule has 1 amide bonds. The molecule has 2 atom stereocenters. The van der Waals surface area contributed by atoms with Gasteiger partial charge in [0.25, 0.3) is 5.91 Å². The van der Waals surface area contributed by atoms with Gasteiger partial charge in [0.1, 0.15) is 6.61 Å². The van der Waals surface area contributed by atoms with Gasteiger partial charge in [-0.05, 0) is 49.5 Å². The van der Waals surface area contributed by atoms with E-state index in [1.54, 1.807) is 12.2 Å². The van der Waals surface area contributed by atoms with Crippen LogP contribution in [0.1, 0.15) is 58.1 Å². The first-order valence-corrected chi connectivity index (χ1v) is 14.7. The second kappa shape index (κ2) is 21.8. The van der Waals surface area contributed by atoms with Crippen molar-refractivity contribution in [1.82, 2.24) is 25.9 Å². The third-order valence-corrected chi connectivity index (χ3v) is 6.17. The van der Waals surface area contributed by atoms with Crippen molar-refractivity contribution < 1.29 is 14.3 Å². The van der Waals surface area contributed by atoms with Crippen molar-refractivity contribution in [2.45, 2.75) is 53.5 Å². The predicted molar refractivity (Wildman–Crippen MR) is 182 cm³/mol. The molecule has 2 rings (SSSR count). The Morgan fingerprint density at radius 3 is 2.21 bits per heavy atom. The fourth-order valence-corrected chi connectivity index (χ4v) is 3.86. The van der Waals surface area contributed by atoms with Gasteiger partial charge in [-0.25, -0.2) is 4.98 Å². The van der Waals surface area contributed by atoms with E-state index in [4.69, 9.17) is 16.3 Å². The summed E-state index contributed by atoms with van der Waals surface area (Å²) in [6.07, 6.45) is 5.03. The molecule has 0 aliphatic rings. The Morgan fingerprint density at radius 2 is 1.72 bits per heavy atom. The van der Waals surface area contributed by atoms with Crippen LogP contribution in [0.5, 0.6) is 0 Å². The minimum absolute atomic E-state index is 0.00328. The molecule has 9 heteroatoms. The van der Waals surface area contributed by atoms with Crippen LogP contribution in [-0.2, 0) is 9.53 Å². The lowest BCUT2D eigenvalue weighted by atomic mass is 9.96. The summed E-state index contributed by atoms with van der Waals surface area (Å²) in [5.74, 6) is -0.131. The number of hydrogen-bond acceptors (Lipinski definition) is 6. The Bertz CT molecular complexity index is 1240. The number of imidazole rings is 1. The van der Waals surface area contributed by atoms with Crippen molar-refractivity contribution in [3.63, 3.8) is 0 Å². The van der Waals surface area contributed by atoms with Crippen LogP contribution in [0, 0.1) is 5.92 Å². The lowest BCUT2D eigenvalue weighted by molar-refractivity contribution is -0.124. The fourth-order valence-electron chi connectivity index (χ4n) is 3.62. The number of nitrogens with one attached hydrogen (secondary N) is 4. The second-order valence-corrected chi connectivity index (χ2v) is 10.2. The highest BCUT2D eigenvalue weighted by Gasteiger charge is 2.23. The van der Waals surface area contributed by atoms with Crippen LogP contribution in [-0.4, -0.2) is 54.5 Å². The van der Waals surface area contributed by atoms with Gasteiger partial charge in [0, 0.05) is 30.1 Å². The summed E-state index contributed by atoms with van der Waals surface area (Å²) in [7, 11) is 1.48. The van der Waals surface area contributed by atoms with Crippen LogP contribution in [0.3, 0.4) is 0 Å². The highest BCUT2D eigenvalue weighted by atomic mass is 35.5. The Balaban J connectivity index is 0.00000114. The first-order chi connectivity index (χ1) is 20.4. The Kier molecular flexibility index (Phi) is 19.8. The molecule has 1 heterocycles. The van der Waals surface area contributed by atoms with Gasteiger partial charge < -0.3 is 25.7 Å². The van der Waals surface area contributed by atoms with Gasteiger partial charge in [-0.2, -0.15) is 0 Å². The maximum absolute atomic E-state index is 12.5. The molecular weight excluding hydrogens is 562 g/mol. The maximum Gasteiger partial charge on any atom is 0.287 e. The van der Waals surface area contributed by atoms with Crippen LogP contribution in [0.25, 0.3) is 11.0 Å². The summed E-state index contributed by atoms with van der Waals surface area (Å²) >= 11 is 5.76. The normalized spacial score (nSPS) is 12.1. The molecule has 43 heavy (non-hydrogen) atoms. The van der Waals surface area contributed by atoms with Crippen LogP contribution < -0.4 is 16.0 Å². The molecule has 0 bridgehead atoms. The number of allylic oxidation sites excluding steroid dienone is 6. The molecule has 0 fully saturated rings. The molecule has 0 saturated heterocycles. The number of H-pyrrole nitrogens is 1. The molecule has 0 saturated carbocycles. The van der Waals surface area contributed by atoms with Crippen LogP contribution in [0.4, 0.5) is 0 Å². The summed E-state index contributed by atoms with van der Waals surface area (Å²) in [6.45, 7) is 29.9. The number of nitrogens with zero attached hydrogens (tertiary/aromatic N) is 1. The predicted octanol–water partition coefficient (Wildman–Crippen LogP) is 6.97. The Hall–Kier alpha value is -3.88. The standard InChI is InChI=1S/C22H31N5O3.C9H11Cl.C3H8/c1-6-23-16(4)14(2)11-19(20(28)13-30-5)25-15(3)12-24-22(29)21-26-17-9-7-8-10-18(17)27-21;1-5-8(7(3)4)9(10)6-2;1-3-2/h7-10,14,19,23,25H,3-4,6,11-13H2,1-2,5H3,(H,24,29)(H,26,27);5-6H,1-3H2,4H3;3H2,1-2H3/b;9-8+;. The molecule has 0 aliphatic carbocycles. The van der Waals surface area contributed by atoms with Crippen molar-refractivity contribution in [3.05, 3.63) is 103 Å². The number of benzene rings is 1. The number of halogens is 1. The number of aromatic amines is 1. The van der Waals surface area contributed by atoms with E-state index < -0.39 is 6.04 Å². The largest absolute Gasteiger partial charge is 0.389 e. The topological polar surface area (TPSA) is 108 Å². The van der Waals surface area contributed by atoms with Crippen LogP contribution in [0.15, 0.2) is 96.9 Å². The summed E-state index contributed by atoms with van der Waals surface area (Å²) in [5, 5.41) is 9.68. The third-order valence-electron chi connectivity index (χ3n) is 5.81. The maximum atomic E-state index is 12.5. The van der Waals surface area contributed by atoms with Crippen molar-refractivity contribution in [2.75, 3.05) is 26.8 Å². The van der Waals surface area contributed by atoms with Crippen molar-refractivity contribution in [2.24, 2.45) is 5.92 Å². The van der Waals surface area contributed by atoms with Gasteiger partial charge in [0.05, 0.1) is 23.6 Å². The van der Waals surface area contributed by atoms with Gasteiger partial charge in [-0.1, -0.05) is 96.0 Å². The number of carbonyl (C=O) groups is 2. The van der Waals surface area contributed by atoms with E-state index in [1.165, 1.54) is 13.5 Å².